The van der Waals surface area contributed by atoms with E-state index in [0.29, 0.717) is 6.42 Å². The molecule has 0 aromatic carbocycles. The Hall–Kier alpha value is -2.78. The Morgan fingerprint density at radius 3 is 1.59 bits per heavy atom. The van der Waals surface area contributed by atoms with Crippen molar-refractivity contribution in [3.05, 3.63) is 0 Å². The molecule has 0 spiro atoms. The minimum Gasteiger partial charge on any atom is -0.481 e. The highest BCUT2D eigenvalue weighted by Crippen LogP contribution is 2.17. The van der Waals surface area contributed by atoms with Crippen molar-refractivity contribution in [2.75, 3.05) is 6.61 Å². The maximum atomic E-state index is 11.6. The number of aliphatic hydroxyl groups is 1. The van der Waals surface area contributed by atoms with E-state index < -0.39 is 71.5 Å². The van der Waals surface area contributed by atoms with Gasteiger partial charge in [0, 0.05) is 0 Å². The van der Waals surface area contributed by atoms with Crippen LogP contribution in [0.4, 0.5) is 0 Å². The number of carboxylic acid groups (broad SMARTS) is 3. The second kappa shape index (κ2) is 20.3. The first kappa shape index (κ1) is 36.4. The van der Waals surface area contributed by atoms with Crippen molar-refractivity contribution in [2.24, 2.45) is 0 Å². The molecule has 1 unspecified atom stereocenters. The second-order valence-electron chi connectivity index (χ2n) is 8.26. The molecule has 0 aliphatic heterocycles. The van der Waals surface area contributed by atoms with E-state index in [4.69, 9.17) is 24.6 Å². The highest BCUT2D eigenvalue weighted by Gasteiger charge is 2.41. The third-order valence-corrected chi connectivity index (χ3v) is 5.18. The van der Waals surface area contributed by atoms with E-state index in [2.05, 4.69) is 11.1 Å². The standard InChI is InChI=1S/C18H32O7.C4H6O7S/c1-2-3-4-5-6-7-8-9-10-11-12-25-16(21)14-18(24,17(22)23)13-15(19)20;5-3(6)1-2-4(7)11-12(8,9)10/h24H,2-14H2,1H3,(H,19,20)(H,22,23);1-2H2,(H,5,6)(H,8,9,10). The molecule has 37 heavy (non-hydrogen) atoms. The van der Waals surface area contributed by atoms with Gasteiger partial charge in [0.25, 0.3) is 0 Å². The summed E-state index contributed by atoms with van der Waals surface area (Å²) in [5.41, 5.74) is -2.62. The lowest BCUT2D eigenvalue weighted by Gasteiger charge is -2.20. The van der Waals surface area contributed by atoms with E-state index in [-0.39, 0.29) is 6.61 Å². The summed E-state index contributed by atoms with van der Waals surface area (Å²) in [7, 11) is -4.81. The van der Waals surface area contributed by atoms with Gasteiger partial charge in [-0.15, -0.1) is 0 Å². The first-order valence-corrected chi connectivity index (χ1v) is 13.2. The van der Waals surface area contributed by atoms with Crippen LogP contribution in [0.25, 0.3) is 0 Å². The number of carbonyl (C=O) groups excluding carboxylic acids is 2. The Balaban J connectivity index is 0. The van der Waals surface area contributed by atoms with Gasteiger partial charge in [0.2, 0.25) is 0 Å². The van der Waals surface area contributed by atoms with Crippen molar-refractivity contribution >= 4 is 40.2 Å². The molecule has 0 bridgehead atoms. The van der Waals surface area contributed by atoms with Gasteiger partial charge in [0.1, 0.15) is 0 Å². The van der Waals surface area contributed by atoms with Gasteiger partial charge in [-0.3, -0.25) is 23.7 Å². The summed E-state index contributed by atoms with van der Waals surface area (Å²) in [6.07, 6.45) is 8.34. The zero-order valence-electron chi connectivity index (χ0n) is 20.9. The van der Waals surface area contributed by atoms with Crippen molar-refractivity contribution in [3.63, 3.8) is 0 Å². The topological polar surface area (TPSA) is 239 Å². The molecule has 0 amide bonds. The van der Waals surface area contributed by atoms with Crippen LogP contribution in [0.3, 0.4) is 0 Å². The Morgan fingerprint density at radius 1 is 0.703 bits per heavy atom. The zero-order valence-corrected chi connectivity index (χ0v) is 21.7. The zero-order chi connectivity index (χ0) is 28.9. The molecule has 0 aliphatic rings. The third-order valence-electron chi connectivity index (χ3n) is 4.78. The van der Waals surface area contributed by atoms with E-state index in [1.54, 1.807) is 0 Å². The fourth-order valence-corrected chi connectivity index (χ4v) is 3.22. The Bertz CT molecular complexity index is 823. The van der Waals surface area contributed by atoms with E-state index in [0.717, 1.165) is 19.3 Å². The van der Waals surface area contributed by atoms with Crippen molar-refractivity contribution < 1.29 is 66.3 Å². The average Bonchev–Trinajstić information content (AvgIpc) is 2.74. The van der Waals surface area contributed by atoms with Gasteiger partial charge in [0.05, 0.1) is 32.3 Å². The van der Waals surface area contributed by atoms with Crippen LogP contribution in [0, 0.1) is 0 Å². The normalized spacial score (nSPS) is 12.4. The predicted molar refractivity (Wildman–Crippen MR) is 127 cm³/mol. The molecule has 0 heterocycles. The first-order valence-electron chi connectivity index (χ1n) is 11.9. The Morgan fingerprint density at radius 2 is 1.19 bits per heavy atom. The first-order chi connectivity index (χ1) is 17.1. The quantitative estimate of drug-likeness (QED) is 0.0818. The van der Waals surface area contributed by atoms with Crippen LogP contribution in [0.15, 0.2) is 0 Å². The lowest BCUT2D eigenvalue weighted by molar-refractivity contribution is -0.172. The number of unbranched alkanes of at least 4 members (excludes halogenated alkanes) is 9. The van der Waals surface area contributed by atoms with Gasteiger partial charge in [-0.2, -0.15) is 8.42 Å². The minimum atomic E-state index is -4.81. The van der Waals surface area contributed by atoms with Crippen molar-refractivity contribution in [1.29, 1.82) is 0 Å². The van der Waals surface area contributed by atoms with Gasteiger partial charge in [-0.05, 0) is 6.42 Å². The highest BCUT2D eigenvalue weighted by atomic mass is 32.3. The second-order valence-corrected chi connectivity index (χ2v) is 9.29. The third kappa shape index (κ3) is 24.7. The molecule has 0 saturated heterocycles. The SMILES string of the molecule is CCCCCCCCCCCCOC(=O)CC(O)(CC(=O)O)C(=O)O.O=C(O)CCC(=O)OS(=O)(=O)O. The van der Waals surface area contributed by atoms with Gasteiger partial charge >= 0.3 is 40.2 Å². The Kier molecular flexibility index (Phi) is 20.0. The molecule has 0 aliphatic carbocycles. The molecule has 0 fully saturated rings. The Labute approximate surface area is 215 Å². The number of carbonyl (C=O) groups is 5. The summed E-state index contributed by atoms with van der Waals surface area (Å²) >= 11 is 0. The van der Waals surface area contributed by atoms with Crippen molar-refractivity contribution in [2.45, 2.75) is 102 Å². The number of esters is 1. The maximum absolute atomic E-state index is 11.6. The molecule has 0 rings (SSSR count). The number of aliphatic carboxylic acids is 3. The van der Waals surface area contributed by atoms with Crippen molar-refractivity contribution in [3.8, 4) is 0 Å². The fourth-order valence-electron chi connectivity index (χ4n) is 2.90. The van der Waals surface area contributed by atoms with Crippen LogP contribution >= 0.6 is 0 Å². The van der Waals surface area contributed by atoms with Crippen LogP contribution in [0.5, 0.6) is 0 Å². The number of carboxylic acids is 3. The molecule has 0 aromatic rings. The summed E-state index contributed by atoms with van der Waals surface area (Å²) < 4.78 is 35.9. The van der Waals surface area contributed by atoms with Gasteiger partial charge in [0.15, 0.2) is 5.60 Å². The summed E-state index contributed by atoms with van der Waals surface area (Å²) in [6.45, 7) is 2.35. The molecule has 1 atom stereocenters. The predicted octanol–water partition coefficient (Wildman–Crippen LogP) is 2.33. The maximum Gasteiger partial charge on any atom is 0.448 e. The summed E-state index contributed by atoms with van der Waals surface area (Å²) in [5, 5.41) is 35.2. The smallest absolute Gasteiger partial charge is 0.448 e. The van der Waals surface area contributed by atoms with Crippen molar-refractivity contribution in [1.82, 2.24) is 0 Å². The van der Waals surface area contributed by atoms with E-state index in [9.17, 15) is 37.5 Å². The van der Waals surface area contributed by atoms with Crippen LogP contribution in [0.2, 0.25) is 0 Å². The number of hydrogen-bond acceptors (Lipinski definition) is 10. The number of ether oxygens (including phenoxy) is 1. The molecule has 14 nitrogen and oxygen atoms in total. The van der Waals surface area contributed by atoms with E-state index in [1.165, 1.54) is 38.5 Å². The fraction of sp³-hybridized carbons (Fsp3) is 0.773. The number of rotatable bonds is 20. The molecule has 216 valence electrons. The van der Waals surface area contributed by atoms with E-state index in [1.807, 2.05) is 0 Å². The summed E-state index contributed by atoms with van der Waals surface area (Å²) in [5.74, 6) is -6.71. The molecule has 0 saturated carbocycles. The highest BCUT2D eigenvalue weighted by molar-refractivity contribution is 7.81. The average molecular weight is 559 g/mol. The molecule has 0 radical (unpaired) electrons. The molecular formula is C22H38O14S. The molecule has 5 N–H and O–H groups in total. The van der Waals surface area contributed by atoms with Gasteiger partial charge in [-0.1, -0.05) is 64.7 Å². The lowest BCUT2D eigenvalue weighted by atomic mass is 9.96. The van der Waals surface area contributed by atoms with Crippen LogP contribution in [0.1, 0.15) is 96.8 Å². The largest absolute Gasteiger partial charge is 0.481 e. The molecular weight excluding hydrogens is 520 g/mol. The van der Waals surface area contributed by atoms with E-state index >= 15 is 0 Å². The minimum absolute atomic E-state index is 0.151. The van der Waals surface area contributed by atoms with Crippen LogP contribution in [-0.2, 0) is 43.3 Å². The van der Waals surface area contributed by atoms with Gasteiger partial charge < -0.3 is 29.3 Å². The van der Waals surface area contributed by atoms with Gasteiger partial charge in [-0.25, -0.2) is 4.79 Å². The monoisotopic (exact) mass is 558 g/mol. The van der Waals surface area contributed by atoms with Crippen LogP contribution in [-0.4, -0.2) is 75.5 Å². The number of hydrogen-bond donors (Lipinski definition) is 5. The molecule has 15 heteroatoms. The lowest BCUT2D eigenvalue weighted by Crippen LogP contribution is -2.43. The summed E-state index contributed by atoms with van der Waals surface area (Å²) in [6, 6.07) is 0. The summed E-state index contributed by atoms with van der Waals surface area (Å²) in [4.78, 5) is 53.3. The molecule has 0 aromatic heterocycles. The van der Waals surface area contributed by atoms with Crippen LogP contribution < -0.4 is 0 Å².